The Hall–Kier alpha value is -1.92. The van der Waals surface area contributed by atoms with Crippen molar-refractivity contribution < 1.29 is 8.42 Å². The summed E-state index contributed by atoms with van der Waals surface area (Å²) in [6.45, 7) is 0. The van der Waals surface area contributed by atoms with Crippen LogP contribution < -0.4 is 5.56 Å². The van der Waals surface area contributed by atoms with Crippen molar-refractivity contribution in [3.63, 3.8) is 0 Å². The van der Waals surface area contributed by atoms with Crippen LogP contribution in [0.5, 0.6) is 0 Å². The molecule has 0 N–H and O–H groups in total. The van der Waals surface area contributed by atoms with Gasteiger partial charge in [0.25, 0.3) is 15.6 Å². The van der Waals surface area contributed by atoms with Gasteiger partial charge in [-0.1, -0.05) is 34.1 Å². The molecule has 0 unspecified atom stereocenters. The number of hydrogen-bond donors (Lipinski definition) is 0. The largest absolute Gasteiger partial charge is 0.272 e. The van der Waals surface area contributed by atoms with Crippen molar-refractivity contribution in [3.05, 3.63) is 75.6 Å². The molecule has 0 aliphatic heterocycles. The lowest BCUT2D eigenvalue weighted by Gasteiger charge is -2.08. The second-order valence-corrected chi connectivity index (χ2v) is 7.20. The first kappa shape index (κ1) is 14.0. The second-order valence-electron chi connectivity index (χ2n) is 4.47. The summed E-state index contributed by atoms with van der Waals surface area (Å²) in [7, 11) is -3.88. The summed E-state index contributed by atoms with van der Waals surface area (Å²) in [6.07, 6.45) is 1.29. The molecule has 0 aliphatic carbocycles. The molecule has 0 fully saturated rings. The maximum absolute atomic E-state index is 12.5. The Labute approximate surface area is 129 Å². The van der Waals surface area contributed by atoms with E-state index in [-0.39, 0.29) is 4.90 Å². The van der Waals surface area contributed by atoms with Gasteiger partial charge < -0.3 is 0 Å². The minimum atomic E-state index is -3.88. The minimum absolute atomic E-state index is 0.0866. The molecule has 1 heterocycles. The van der Waals surface area contributed by atoms with Crippen molar-refractivity contribution >= 4 is 36.7 Å². The van der Waals surface area contributed by atoms with E-state index in [9.17, 15) is 13.2 Å². The first-order valence-corrected chi connectivity index (χ1v) is 8.35. The fourth-order valence-corrected chi connectivity index (χ4v) is 3.74. The summed E-state index contributed by atoms with van der Waals surface area (Å²) in [5.74, 6) is 0. The number of pyridine rings is 1. The Kier molecular flexibility index (Phi) is 3.43. The van der Waals surface area contributed by atoms with Gasteiger partial charge in [-0.05, 0) is 41.8 Å². The lowest BCUT2D eigenvalue weighted by molar-refractivity contribution is 0.585. The van der Waals surface area contributed by atoms with Crippen LogP contribution in [0.4, 0.5) is 0 Å². The first-order valence-electron chi connectivity index (χ1n) is 6.12. The molecule has 106 valence electrons. The molecular formula is C15H10BrNO3S. The number of rotatable bonds is 2. The van der Waals surface area contributed by atoms with Crippen molar-refractivity contribution in [2.75, 3.05) is 0 Å². The second kappa shape index (κ2) is 5.13. The molecule has 0 saturated heterocycles. The monoisotopic (exact) mass is 363 g/mol. The third kappa shape index (κ3) is 2.41. The van der Waals surface area contributed by atoms with Gasteiger partial charge in [-0.25, -0.2) is 12.4 Å². The number of benzene rings is 2. The Morgan fingerprint density at radius 1 is 0.952 bits per heavy atom. The van der Waals surface area contributed by atoms with E-state index < -0.39 is 15.6 Å². The zero-order chi connectivity index (χ0) is 15.0. The molecule has 0 spiro atoms. The summed E-state index contributed by atoms with van der Waals surface area (Å²) >= 11 is 3.32. The highest BCUT2D eigenvalue weighted by Crippen LogP contribution is 2.18. The van der Waals surface area contributed by atoms with Gasteiger partial charge in [0.15, 0.2) is 0 Å². The highest BCUT2D eigenvalue weighted by molar-refractivity contribution is 9.10. The average molecular weight is 364 g/mol. The van der Waals surface area contributed by atoms with Crippen LogP contribution in [-0.4, -0.2) is 12.4 Å². The lowest BCUT2D eigenvalue weighted by Crippen LogP contribution is -2.26. The van der Waals surface area contributed by atoms with Gasteiger partial charge in [-0.15, -0.1) is 0 Å². The van der Waals surface area contributed by atoms with Crippen LogP contribution in [0.1, 0.15) is 0 Å². The van der Waals surface area contributed by atoms with Crippen LogP contribution >= 0.6 is 15.9 Å². The Morgan fingerprint density at radius 3 is 2.38 bits per heavy atom. The molecular weight excluding hydrogens is 354 g/mol. The van der Waals surface area contributed by atoms with Crippen LogP contribution in [0.25, 0.3) is 10.8 Å². The summed E-state index contributed by atoms with van der Waals surface area (Å²) < 4.78 is 26.6. The Bertz CT molecular complexity index is 979. The topological polar surface area (TPSA) is 56.1 Å². The lowest BCUT2D eigenvalue weighted by atomic mass is 10.2. The van der Waals surface area contributed by atoms with Gasteiger partial charge in [-0.3, -0.25) is 4.79 Å². The number of nitrogens with zero attached hydrogens (tertiary/aromatic N) is 1. The van der Waals surface area contributed by atoms with Crippen molar-refractivity contribution in [2.24, 2.45) is 0 Å². The molecule has 21 heavy (non-hydrogen) atoms. The predicted octanol–water partition coefficient (Wildman–Crippen LogP) is 3.00. The van der Waals surface area contributed by atoms with Gasteiger partial charge in [0, 0.05) is 16.1 Å². The Morgan fingerprint density at radius 2 is 1.67 bits per heavy atom. The zero-order valence-electron chi connectivity index (χ0n) is 10.7. The maximum atomic E-state index is 12.5. The quantitative estimate of drug-likeness (QED) is 0.703. The van der Waals surface area contributed by atoms with E-state index in [1.807, 2.05) is 0 Å². The molecule has 6 heteroatoms. The normalized spacial score (nSPS) is 11.7. The average Bonchev–Trinajstić information content (AvgIpc) is 2.48. The van der Waals surface area contributed by atoms with Crippen molar-refractivity contribution in [3.8, 4) is 0 Å². The summed E-state index contributed by atoms with van der Waals surface area (Å²) in [5.41, 5.74) is -0.552. The van der Waals surface area contributed by atoms with Gasteiger partial charge in [-0.2, -0.15) is 0 Å². The summed E-state index contributed by atoms with van der Waals surface area (Å²) in [5, 5.41) is 1.05. The van der Waals surface area contributed by atoms with Crippen LogP contribution in [-0.2, 0) is 10.0 Å². The van der Waals surface area contributed by atoms with E-state index in [0.717, 1.165) is 8.45 Å². The number of halogens is 1. The number of fused-ring (bicyclic) bond motifs is 1. The van der Waals surface area contributed by atoms with Gasteiger partial charge >= 0.3 is 0 Å². The molecule has 0 radical (unpaired) electrons. The van der Waals surface area contributed by atoms with Crippen molar-refractivity contribution in [1.29, 1.82) is 0 Å². The first-order chi connectivity index (χ1) is 10.00. The van der Waals surface area contributed by atoms with Gasteiger partial charge in [0.2, 0.25) is 0 Å². The van der Waals surface area contributed by atoms with Crippen molar-refractivity contribution in [2.45, 2.75) is 4.90 Å². The van der Waals surface area contributed by atoms with E-state index in [1.54, 1.807) is 42.5 Å². The van der Waals surface area contributed by atoms with E-state index in [4.69, 9.17) is 0 Å². The predicted molar refractivity (Wildman–Crippen MR) is 84.9 cm³/mol. The van der Waals surface area contributed by atoms with Gasteiger partial charge in [0.05, 0.1) is 4.90 Å². The molecule has 4 nitrogen and oxygen atoms in total. The molecule has 0 saturated carbocycles. The highest BCUT2D eigenvalue weighted by Gasteiger charge is 2.18. The van der Waals surface area contributed by atoms with Crippen LogP contribution in [0.3, 0.4) is 0 Å². The van der Waals surface area contributed by atoms with Gasteiger partial charge in [0.1, 0.15) is 0 Å². The van der Waals surface area contributed by atoms with E-state index in [0.29, 0.717) is 10.8 Å². The van der Waals surface area contributed by atoms with Crippen LogP contribution in [0.15, 0.2) is 75.0 Å². The number of aromatic nitrogens is 1. The molecule has 0 bridgehead atoms. The van der Waals surface area contributed by atoms with E-state index in [2.05, 4.69) is 15.9 Å². The minimum Gasteiger partial charge on any atom is -0.268 e. The van der Waals surface area contributed by atoms with Crippen molar-refractivity contribution in [1.82, 2.24) is 3.97 Å². The molecule has 3 rings (SSSR count). The number of hydrogen-bond acceptors (Lipinski definition) is 3. The fourth-order valence-electron chi connectivity index (χ4n) is 2.10. The molecule has 0 aliphatic rings. The van der Waals surface area contributed by atoms with E-state index >= 15 is 0 Å². The van der Waals surface area contributed by atoms with Crippen LogP contribution in [0, 0.1) is 0 Å². The van der Waals surface area contributed by atoms with E-state index in [1.165, 1.54) is 18.3 Å². The van der Waals surface area contributed by atoms with Crippen LogP contribution in [0.2, 0.25) is 0 Å². The third-order valence-electron chi connectivity index (χ3n) is 3.13. The standard InChI is InChI=1S/C15H10BrNO3S/c16-12-6-7-14-11(10-12)8-9-17(15(14)18)21(19,20)13-4-2-1-3-5-13/h1-10H. The highest BCUT2D eigenvalue weighted by atomic mass is 79.9. The molecule has 2 aromatic carbocycles. The molecule has 3 aromatic rings. The Balaban J connectivity index is 2.29. The molecule has 0 atom stereocenters. The zero-order valence-corrected chi connectivity index (χ0v) is 13.1. The molecule has 1 aromatic heterocycles. The maximum Gasteiger partial charge on any atom is 0.272 e. The smallest absolute Gasteiger partial charge is 0.268 e. The summed E-state index contributed by atoms with van der Waals surface area (Å²) in [4.78, 5) is 12.5. The molecule has 0 amide bonds. The fraction of sp³-hybridized carbons (Fsp3) is 0. The third-order valence-corrected chi connectivity index (χ3v) is 5.30. The SMILES string of the molecule is O=c1c2ccc(Br)cc2ccn1S(=O)(=O)c1ccccc1. The summed E-state index contributed by atoms with van der Waals surface area (Å²) in [6, 6.07) is 14.6.